The van der Waals surface area contributed by atoms with Crippen LogP contribution < -0.4 is 0 Å². The molecule has 4 unspecified atom stereocenters. The number of allylic oxidation sites excluding steroid dienone is 1. The molecule has 0 bridgehead atoms. The van der Waals surface area contributed by atoms with Crippen LogP contribution in [-0.2, 0) is 0 Å². The summed E-state index contributed by atoms with van der Waals surface area (Å²) in [7, 11) is 0. The summed E-state index contributed by atoms with van der Waals surface area (Å²) >= 11 is 0. The van der Waals surface area contributed by atoms with Gasteiger partial charge >= 0.3 is 0 Å². The minimum absolute atomic E-state index is 0.471. The summed E-state index contributed by atoms with van der Waals surface area (Å²) < 4.78 is 0. The lowest BCUT2D eigenvalue weighted by Crippen LogP contribution is -2.54. The summed E-state index contributed by atoms with van der Waals surface area (Å²) in [5.74, 6) is 5.30. The summed E-state index contributed by atoms with van der Waals surface area (Å²) in [6.07, 6.45) is 12.1. The monoisotopic (exact) mass is 262 g/mol. The Bertz CT molecular complexity index is 297. The van der Waals surface area contributed by atoms with E-state index in [0.29, 0.717) is 5.41 Å². The molecule has 0 aromatic carbocycles. The van der Waals surface area contributed by atoms with Crippen molar-refractivity contribution in [1.29, 1.82) is 0 Å². The normalized spacial score (nSPS) is 33.5. The number of fused-ring (bicyclic) bond motifs is 1. The molecule has 0 nitrogen and oxygen atoms in total. The van der Waals surface area contributed by atoms with Gasteiger partial charge in [-0.1, -0.05) is 46.6 Å². The first-order valence-corrected chi connectivity index (χ1v) is 8.63. The van der Waals surface area contributed by atoms with Crippen molar-refractivity contribution in [3.63, 3.8) is 0 Å². The number of hydrogen-bond donors (Lipinski definition) is 0. The molecule has 0 N–H and O–H groups in total. The van der Waals surface area contributed by atoms with Gasteiger partial charge in [0, 0.05) is 0 Å². The van der Waals surface area contributed by atoms with Crippen molar-refractivity contribution >= 4 is 0 Å². The molecule has 0 aromatic heterocycles. The van der Waals surface area contributed by atoms with Gasteiger partial charge in [-0.15, -0.1) is 6.58 Å². The predicted molar refractivity (Wildman–Crippen MR) is 85.1 cm³/mol. The van der Waals surface area contributed by atoms with Crippen molar-refractivity contribution in [1.82, 2.24) is 0 Å². The molecule has 0 heteroatoms. The van der Waals surface area contributed by atoms with Crippen LogP contribution in [0.4, 0.5) is 0 Å². The maximum absolute atomic E-state index is 3.94. The Morgan fingerprint density at radius 3 is 2.16 bits per heavy atom. The van der Waals surface area contributed by atoms with Crippen molar-refractivity contribution < 1.29 is 0 Å². The van der Waals surface area contributed by atoms with Gasteiger partial charge in [-0.2, -0.15) is 0 Å². The molecule has 0 spiro atoms. The first kappa shape index (κ1) is 15.1. The third-order valence-electron chi connectivity index (χ3n) is 6.28. The van der Waals surface area contributed by atoms with Crippen molar-refractivity contribution in [3.05, 3.63) is 12.7 Å². The van der Waals surface area contributed by atoms with Crippen LogP contribution >= 0.6 is 0 Å². The van der Waals surface area contributed by atoms with Gasteiger partial charge in [0.15, 0.2) is 0 Å². The lowest BCUT2D eigenvalue weighted by Gasteiger charge is -2.62. The average Bonchev–Trinajstić information content (AvgIpc) is 2.31. The van der Waals surface area contributed by atoms with E-state index < -0.39 is 0 Å². The van der Waals surface area contributed by atoms with Crippen LogP contribution in [-0.4, -0.2) is 0 Å². The molecular weight excluding hydrogens is 228 g/mol. The SMILES string of the molecule is C=CCC(C)(C)CC1C2CCC2C1CC(CC)CC. The fraction of sp³-hybridized carbons (Fsp3) is 0.895. The fourth-order valence-corrected chi connectivity index (χ4v) is 4.88. The van der Waals surface area contributed by atoms with Crippen molar-refractivity contribution in [2.45, 2.75) is 72.6 Å². The van der Waals surface area contributed by atoms with Crippen molar-refractivity contribution in [2.24, 2.45) is 35.0 Å². The van der Waals surface area contributed by atoms with Crippen LogP contribution in [0.15, 0.2) is 12.7 Å². The minimum Gasteiger partial charge on any atom is -0.103 e. The maximum Gasteiger partial charge on any atom is -0.0302 e. The zero-order valence-electron chi connectivity index (χ0n) is 13.6. The van der Waals surface area contributed by atoms with Gasteiger partial charge in [-0.25, -0.2) is 0 Å². The second kappa shape index (κ2) is 6.02. The predicted octanol–water partition coefficient (Wildman–Crippen LogP) is 6.08. The van der Waals surface area contributed by atoms with Gasteiger partial charge in [0.05, 0.1) is 0 Å². The Hall–Kier alpha value is -0.260. The Morgan fingerprint density at radius 2 is 1.68 bits per heavy atom. The molecule has 2 fully saturated rings. The van der Waals surface area contributed by atoms with E-state index in [1.54, 1.807) is 0 Å². The summed E-state index contributed by atoms with van der Waals surface area (Å²) in [5.41, 5.74) is 0.471. The standard InChI is InChI=1S/C19H34/c1-6-11-19(4,5)13-18-16-10-9-15(16)17(18)12-14(7-2)8-3/h6,14-18H,1,7-13H2,2-5H3. The molecule has 0 aromatic rings. The lowest BCUT2D eigenvalue weighted by molar-refractivity contribution is -0.127. The van der Waals surface area contributed by atoms with Gasteiger partial charge in [0.1, 0.15) is 0 Å². The Balaban J connectivity index is 1.93. The van der Waals surface area contributed by atoms with Crippen LogP contribution in [0.1, 0.15) is 72.6 Å². The van der Waals surface area contributed by atoms with Gasteiger partial charge in [-0.05, 0) is 67.1 Å². The molecule has 0 radical (unpaired) electrons. The Labute approximate surface area is 121 Å². The van der Waals surface area contributed by atoms with Crippen LogP contribution in [0.3, 0.4) is 0 Å². The van der Waals surface area contributed by atoms with Gasteiger partial charge in [0.2, 0.25) is 0 Å². The van der Waals surface area contributed by atoms with E-state index in [2.05, 4.69) is 40.3 Å². The molecule has 0 aliphatic heterocycles. The largest absolute Gasteiger partial charge is 0.103 e. The van der Waals surface area contributed by atoms with Crippen LogP contribution in [0.2, 0.25) is 0 Å². The van der Waals surface area contributed by atoms with E-state index in [4.69, 9.17) is 0 Å². The zero-order chi connectivity index (χ0) is 14.0. The highest BCUT2D eigenvalue weighted by Crippen LogP contribution is 2.63. The summed E-state index contributed by atoms with van der Waals surface area (Å²) in [6.45, 7) is 13.6. The molecule has 2 rings (SSSR count). The van der Waals surface area contributed by atoms with Gasteiger partial charge < -0.3 is 0 Å². The number of hydrogen-bond acceptors (Lipinski definition) is 0. The molecule has 19 heavy (non-hydrogen) atoms. The third-order valence-corrected chi connectivity index (χ3v) is 6.28. The van der Waals surface area contributed by atoms with Gasteiger partial charge in [0.25, 0.3) is 0 Å². The van der Waals surface area contributed by atoms with E-state index in [-0.39, 0.29) is 0 Å². The highest BCUT2D eigenvalue weighted by atomic mass is 14.6. The summed E-state index contributed by atoms with van der Waals surface area (Å²) in [5, 5.41) is 0. The molecule has 110 valence electrons. The first-order chi connectivity index (χ1) is 9.02. The van der Waals surface area contributed by atoms with E-state index in [0.717, 1.165) is 29.6 Å². The Morgan fingerprint density at radius 1 is 1.11 bits per heavy atom. The lowest BCUT2D eigenvalue weighted by atomic mass is 9.43. The van der Waals surface area contributed by atoms with E-state index in [1.165, 1.54) is 44.9 Å². The van der Waals surface area contributed by atoms with Crippen LogP contribution in [0.25, 0.3) is 0 Å². The maximum atomic E-state index is 3.94. The second-order valence-corrected chi connectivity index (χ2v) is 8.01. The molecule has 0 amide bonds. The highest BCUT2D eigenvalue weighted by Gasteiger charge is 2.55. The third kappa shape index (κ3) is 3.09. The fourth-order valence-electron chi connectivity index (χ4n) is 4.88. The molecule has 4 atom stereocenters. The van der Waals surface area contributed by atoms with E-state index in [1.807, 2.05) is 0 Å². The highest BCUT2D eigenvalue weighted by molar-refractivity contribution is 5.04. The average molecular weight is 262 g/mol. The molecule has 0 saturated heterocycles. The smallest absolute Gasteiger partial charge is 0.0302 e. The van der Waals surface area contributed by atoms with Crippen LogP contribution in [0.5, 0.6) is 0 Å². The topological polar surface area (TPSA) is 0 Å². The van der Waals surface area contributed by atoms with E-state index in [9.17, 15) is 0 Å². The summed E-state index contributed by atoms with van der Waals surface area (Å²) in [4.78, 5) is 0. The van der Waals surface area contributed by atoms with E-state index >= 15 is 0 Å². The number of rotatable bonds is 8. The van der Waals surface area contributed by atoms with Gasteiger partial charge in [-0.3, -0.25) is 0 Å². The molecule has 2 saturated carbocycles. The van der Waals surface area contributed by atoms with Crippen molar-refractivity contribution in [2.75, 3.05) is 0 Å². The molecular formula is C19H34. The molecule has 2 aliphatic rings. The quantitative estimate of drug-likeness (QED) is 0.465. The van der Waals surface area contributed by atoms with Crippen molar-refractivity contribution in [3.8, 4) is 0 Å². The molecule has 2 aliphatic carbocycles. The van der Waals surface area contributed by atoms with Crippen LogP contribution in [0, 0.1) is 35.0 Å². The molecule has 0 heterocycles. The minimum atomic E-state index is 0.471. The Kier molecular flexibility index (Phi) is 4.79. The zero-order valence-corrected chi connectivity index (χ0v) is 13.6. The summed E-state index contributed by atoms with van der Waals surface area (Å²) in [6, 6.07) is 0. The second-order valence-electron chi connectivity index (χ2n) is 8.01. The first-order valence-electron chi connectivity index (χ1n) is 8.63.